The van der Waals surface area contributed by atoms with Gasteiger partial charge in [0.05, 0.1) is 18.7 Å². The van der Waals surface area contributed by atoms with Crippen LogP contribution in [0.4, 0.5) is 0 Å². The minimum absolute atomic E-state index is 0.0903. The first-order chi connectivity index (χ1) is 13.1. The number of rotatable bonds is 7. The molecule has 2 heterocycles. The fraction of sp³-hybridized carbons (Fsp3) is 0.421. The number of hydrogen-bond acceptors (Lipinski definition) is 5. The number of nitrogens with two attached hydrogens (primary N) is 1. The largest absolute Gasteiger partial charge is 0.497 e. The first-order valence-electron chi connectivity index (χ1n) is 9.06. The molecule has 1 saturated heterocycles. The van der Waals surface area contributed by atoms with Gasteiger partial charge in [0.2, 0.25) is 5.91 Å². The summed E-state index contributed by atoms with van der Waals surface area (Å²) in [4.78, 5) is 25.8. The molecule has 1 aromatic carbocycles. The molecule has 1 fully saturated rings. The lowest BCUT2D eigenvalue weighted by Gasteiger charge is -2.30. The van der Waals surface area contributed by atoms with Crippen LogP contribution in [0.15, 0.2) is 30.3 Å². The smallest absolute Gasteiger partial charge is 0.269 e. The fourth-order valence-corrected chi connectivity index (χ4v) is 3.28. The van der Waals surface area contributed by atoms with Gasteiger partial charge in [-0.15, -0.1) is 0 Å². The zero-order chi connectivity index (χ0) is 19.2. The van der Waals surface area contributed by atoms with E-state index in [2.05, 4.69) is 20.4 Å². The zero-order valence-electron chi connectivity index (χ0n) is 15.4. The second kappa shape index (κ2) is 8.68. The number of carbonyl (C=O) groups excluding carboxylic acids is 2. The Kier molecular flexibility index (Phi) is 6.08. The van der Waals surface area contributed by atoms with Crippen LogP contribution in [0.1, 0.15) is 23.3 Å². The molecule has 3 rings (SSSR count). The van der Waals surface area contributed by atoms with Crippen molar-refractivity contribution >= 4 is 11.8 Å². The summed E-state index contributed by atoms with van der Waals surface area (Å²) < 4.78 is 5.21. The molecule has 1 aliphatic heterocycles. The van der Waals surface area contributed by atoms with Crippen molar-refractivity contribution in [3.05, 3.63) is 36.0 Å². The summed E-state index contributed by atoms with van der Waals surface area (Å²) in [5, 5.41) is 9.87. The van der Waals surface area contributed by atoms with E-state index in [0.717, 1.165) is 30.7 Å². The van der Waals surface area contributed by atoms with Crippen molar-refractivity contribution in [3.63, 3.8) is 0 Å². The second-order valence-electron chi connectivity index (χ2n) is 6.70. The summed E-state index contributed by atoms with van der Waals surface area (Å²) in [6.45, 7) is 2.77. The van der Waals surface area contributed by atoms with Crippen molar-refractivity contribution in [1.29, 1.82) is 0 Å². The number of carbonyl (C=O) groups is 2. The molecule has 1 aromatic heterocycles. The van der Waals surface area contributed by atoms with E-state index in [9.17, 15) is 9.59 Å². The van der Waals surface area contributed by atoms with E-state index in [0.29, 0.717) is 31.0 Å². The molecular weight excluding hydrogens is 346 g/mol. The van der Waals surface area contributed by atoms with E-state index in [1.165, 1.54) is 0 Å². The number of likely N-dealkylation sites (tertiary alicyclic amines) is 1. The standard InChI is InChI=1S/C19H25N5O3/c1-27-15-6-2-4-13(10-15)16-11-17(23-22-16)19(26)21-7-9-24-8-3-5-14(12-24)18(20)25/h2,4,6,10-11,14H,3,5,7-9,12H2,1H3,(H2,20,25)(H,21,26)(H,22,23)/t14-/m0/s1. The number of primary amides is 1. The number of H-pyrrole nitrogens is 1. The molecule has 0 aliphatic carbocycles. The molecule has 0 spiro atoms. The number of piperidine rings is 1. The van der Waals surface area contributed by atoms with Gasteiger partial charge in [-0.2, -0.15) is 5.10 Å². The van der Waals surface area contributed by atoms with Crippen molar-refractivity contribution in [2.45, 2.75) is 12.8 Å². The number of benzene rings is 1. The molecule has 8 nitrogen and oxygen atoms in total. The summed E-state index contributed by atoms with van der Waals surface area (Å²) in [6.07, 6.45) is 1.80. The molecule has 2 amide bonds. The van der Waals surface area contributed by atoms with Gasteiger partial charge in [0.1, 0.15) is 11.4 Å². The maximum Gasteiger partial charge on any atom is 0.269 e. The fourth-order valence-electron chi connectivity index (χ4n) is 3.28. The van der Waals surface area contributed by atoms with Gasteiger partial charge in [-0.25, -0.2) is 0 Å². The molecule has 144 valence electrons. The van der Waals surface area contributed by atoms with Crippen LogP contribution >= 0.6 is 0 Å². The second-order valence-corrected chi connectivity index (χ2v) is 6.70. The third-order valence-corrected chi connectivity index (χ3v) is 4.81. The van der Waals surface area contributed by atoms with E-state index in [1.807, 2.05) is 24.3 Å². The number of aromatic amines is 1. The Morgan fingerprint density at radius 2 is 2.26 bits per heavy atom. The predicted molar refractivity (Wildman–Crippen MR) is 101 cm³/mol. The number of ether oxygens (including phenoxy) is 1. The number of nitrogens with one attached hydrogen (secondary N) is 2. The normalized spacial score (nSPS) is 17.4. The van der Waals surface area contributed by atoms with E-state index < -0.39 is 0 Å². The van der Waals surface area contributed by atoms with Crippen LogP contribution in [0.25, 0.3) is 11.3 Å². The Morgan fingerprint density at radius 1 is 1.41 bits per heavy atom. The topological polar surface area (TPSA) is 113 Å². The van der Waals surface area contributed by atoms with Crippen LogP contribution < -0.4 is 15.8 Å². The summed E-state index contributed by atoms with van der Waals surface area (Å²) in [5.74, 6) is 0.191. The lowest BCUT2D eigenvalue weighted by molar-refractivity contribution is -0.123. The van der Waals surface area contributed by atoms with Crippen molar-refractivity contribution < 1.29 is 14.3 Å². The van der Waals surface area contributed by atoms with E-state index >= 15 is 0 Å². The number of methoxy groups -OCH3 is 1. The van der Waals surface area contributed by atoms with Gasteiger partial charge in [0.15, 0.2) is 0 Å². The quantitative estimate of drug-likeness (QED) is 0.672. The molecule has 8 heteroatoms. The van der Waals surface area contributed by atoms with Crippen molar-refractivity contribution in [3.8, 4) is 17.0 Å². The third-order valence-electron chi connectivity index (χ3n) is 4.81. The Bertz CT molecular complexity index is 804. The molecule has 4 N–H and O–H groups in total. The first kappa shape index (κ1) is 18.9. The molecule has 0 unspecified atom stereocenters. The number of hydrogen-bond donors (Lipinski definition) is 3. The van der Waals surface area contributed by atoms with Gasteiger partial charge in [-0.05, 0) is 37.6 Å². The van der Waals surface area contributed by atoms with Gasteiger partial charge in [0, 0.05) is 25.2 Å². The van der Waals surface area contributed by atoms with Gasteiger partial charge in [-0.1, -0.05) is 12.1 Å². The lowest BCUT2D eigenvalue weighted by atomic mass is 9.97. The molecular formula is C19H25N5O3. The van der Waals surface area contributed by atoms with Crippen molar-refractivity contribution in [2.24, 2.45) is 11.7 Å². The lowest BCUT2D eigenvalue weighted by Crippen LogP contribution is -2.44. The van der Waals surface area contributed by atoms with E-state index in [4.69, 9.17) is 10.5 Å². The number of amides is 2. The summed E-state index contributed by atoms with van der Waals surface area (Å²) in [6, 6.07) is 9.22. The average molecular weight is 371 g/mol. The monoisotopic (exact) mass is 371 g/mol. The average Bonchev–Trinajstić information content (AvgIpc) is 3.18. The predicted octanol–water partition coefficient (Wildman–Crippen LogP) is 1.01. The molecule has 0 saturated carbocycles. The van der Waals surface area contributed by atoms with Crippen LogP contribution in [0.2, 0.25) is 0 Å². The Labute approximate surface area is 158 Å². The van der Waals surface area contributed by atoms with Crippen LogP contribution in [0.5, 0.6) is 5.75 Å². The minimum atomic E-state index is -0.244. The summed E-state index contributed by atoms with van der Waals surface area (Å²) >= 11 is 0. The highest BCUT2D eigenvalue weighted by Crippen LogP contribution is 2.22. The molecule has 0 radical (unpaired) electrons. The van der Waals surface area contributed by atoms with Gasteiger partial charge in [0.25, 0.3) is 5.91 Å². The van der Waals surface area contributed by atoms with E-state index in [-0.39, 0.29) is 17.7 Å². The Balaban J connectivity index is 1.51. The molecule has 2 aromatic rings. The minimum Gasteiger partial charge on any atom is -0.497 e. The SMILES string of the molecule is COc1cccc(-c2cc(C(=O)NCCN3CCC[C@H](C(N)=O)C3)[nH]n2)c1. The summed E-state index contributed by atoms with van der Waals surface area (Å²) in [7, 11) is 1.61. The molecule has 1 aliphatic rings. The number of nitrogens with zero attached hydrogens (tertiary/aromatic N) is 2. The van der Waals surface area contributed by atoms with Crippen LogP contribution in [-0.4, -0.2) is 60.2 Å². The molecule has 27 heavy (non-hydrogen) atoms. The third kappa shape index (κ3) is 4.85. The Morgan fingerprint density at radius 3 is 3.04 bits per heavy atom. The van der Waals surface area contributed by atoms with Gasteiger partial charge < -0.3 is 20.7 Å². The van der Waals surface area contributed by atoms with Gasteiger partial charge in [-0.3, -0.25) is 14.7 Å². The zero-order valence-corrected chi connectivity index (χ0v) is 15.4. The molecule has 1 atom stereocenters. The van der Waals surface area contributed by atoms with Crippen LogP contribution in [-0.2, 0) is 4.79 Å². The maximum absolute atomic E-state index is 12.3. The highest BCUT2D eigenvalue weighted by atomic mass is 16.5. The molecule has 0 bridgehead atoms. The van der Waals surface area contributed by atoms with E-state index in [1.54, 1.807) is 13.2 Å². The number of aromatic nitrogens is 2. The Hall–Kier alpha value is -2.87. The highest BCUT2D eigenvalue weighted by Gasteiger charge is 2.23. The van der Waals surface area contributed by atoms with Crippen molar-refractivity contribution in [1.82, 2.24) is 20.4 Å². The first-order valence-corrected chi connectivity index (χ1v) is 9.06. The maximum atomic E-state index is 12.3. The van der Waals surface area contributed by atoms with Crippen LogP contribution in [0, 0.1) is 5.92 Å². The van der Waals surface area contributed by atoms with Crippen LogP contribution in [0.3, 0.4) is 0 Å². The summed E-state index contributed by atoms with van der Waals surface area (Å²) in [5.41, 5.74) is 7.35. The van der Waals surface area contributed by atoms with Gasteiger partial charge >= 0.3 is 0 Å². The highest BCUT2D eigenvalue weighted by molar-refractivity contribution is 5.93. The van der Waals surface area contributed by atoms with Crippen molar-refractivity contribution in [2.75, 3.05) is 33.3 Å².